The number of hydrogen-bond donors (Lipinski definition) is 1. The summed E-state index contributed by atoms with van der Waals surface area (Å²) in [6.07, 6.45) is 3.94. The highest BCUT2D eigenvalue weighted by atomic mass is 16.5. The van der Waals surface area contributed by atoms with Gasteiger partial charge in [0.2, 0.25) is 0 Å². The first-order valence-corrected chi connectivity index (χ1v) is 9.24. The lowest BCUT2D eigenvalue weighted by Gasteiger charge is -2.28. The van der Waals surface area contributed by atoms with Crippen LogP contribution in [0.3, 0.4) is 0 Å². The van der Waals surface area contributed by atoms with E-state index in [-0.39, 0.29) is 5.91 Å². The van der Waals surface area contributed by atoms with Crippen LogP contribution in [-0.2, 0) is 9.53 Å². The summed E-state index contributed by atoms with van der Waals surface area (Å²) < 4.78 is 11.4. The van der Waals surface area contributed by atoms with E-state index in [2.05, 4.69) is 17.1 Å². The molecule has 25 heavy (non-hydrogen) atoms. The van der Waals surface area contributed by atoms with Crippen LogP contribution in [0.15, 0.2) is 24.3 Å². The molecule has 142 valence electrons. The Kier molecular flexibility index (Phi) is 9.53. The van der Waals surface area contributed by atoms with Crippen LogP contribution in [0.2, 0.25) is 0 Å². The van der Waals surface area contributed by atoms with Gasteiger partial charge in [0, 0.05) is 18.8 Å². The van der Waals surface area contributed by atoms with Crippen molar-refractivity contribution in [2.75, 3.05) is 39.2 Å². The number of benzene rings is 1. The number of carbonyl (C=O) groups excluding carboxylic acids is 1. The Morgan fingerprint density at radius 1 is 1.16 bits per heavy atom. The summed E-state index contributed by atoms with van der Waals surface area (Å²) >= 11 is 0. The van der Waals surface area contributed by atoms with Crippen molar-refractivity contribution in [1.82, 2.24) is 4.90 Å². The molecule has 0 saturated heterocycles. The second-order valence-electron chi connectivity index (χ2n) is 6.75. The van der Waals surface area contributed by atoms with Crippen molar-refractivity contribution >= 4 is 11.6 Å². The topological polar surface area (TPSA) is 50.8 Å². The summed E-state index contributed by atoms with van der Waals surface area (Å²) in [6, 6.07) is 7.48. The van der Waals surface area contributed by atoms with Crippen molar-refractivity contribution in [1.29, 1.82) is 0 Å². The molecule has 0 heterocycles. The van der Waals surface area contributed by atoms with Gasteiger partial charge in [-0.2, -0.15) is 0 Å². The molecule has 0 spiro atoms. The Bertz CT molecular complexity index is 502. The van der Waals surface area contributed by atoms with Gasteiger partial charge in [-0.05, 0) is 58.6 Å². The van der Waals surface area contributed by atoms with E-state index in [4.69, 9.17) is 9.47 Å². The van der Waals surface area contributed by atoms with Gasteiger partial charge in [0.05, 0.1) is 0 Å². The summed E-state index contributed by atoms with van der Waals surface area (Å²) in [5, 5.41) is 2.97. The molecular weight excluding hydrogens is 316 g/mol. The van der Waals surface area contributed by atoms with Crippen LogP contribution in [0, 0.1) is 0 Å². The molecule has 5 heteroatoms. The van der Waals surface area contributed by atoms with Crippen molar-refractivity contribution in [2.24, 2.45) is 0 Å². The van der Waals surface area contributed by atoms with Crippen molar-refractivity contribution in [2.45, 2.75) is 52.1 Å². The molecule has 1 atom stereocenters. The fraction of sp³-hybridized carbons (Fsp3) is 0.650. The SMILES string of the molecule is CCCCC[C@@](C)(OCC)C(=O)Nc1ccc(OCCN(C)C)cc1. The summed E-state index contributed by atoms with van der Waals surface area (Å²) in [4.78, 5) is 14.7. The average Bonchev–Trinajstić information content (AvgIpc) is 2.56. The molecule has 0 bridgehead atoms. The molecule has 1 amide bonds. The van der Waals surface area contributed by atoms with Gasteiger partial charge in [-0.25, -0.2) is 0 Å². The Labute approximate surface area is 152 Å². The second-order valence-corrected chi connectivity index (χ2v) is 6.75. The third-order valence-corrected chi connectivity index (χ3v) is 4.12. The average molecular weight is 351 g/mol. The second kappa shape index (κ2) is 11.1. The number of carbonyl (C=O) groups is 1. The van der Waals surface area contributed by atoms with Gasteiger partial charge >= 0.3 is 0 Å². The van der Waals surface area contributed by atoms with Crippen LogP contribution in [0.1, 0.15) is 46.5 Å². The van der Waals surface area contributed by atoms with Gasteiger partial charge in [-0.3, -0.25) is 4.79 Å². The maximum Gasteiger partial charge on any atom is 0.256 e. The highest BCUT2D eigenvalue weighted by molar-refractivity contribution is 5.97. The van der Waals surface area contributed by atoms with Gasteiger partial charge in [0.1, 0.15) is 18.0 Å². The molecule has 0 aliphatic carbocycles. The molecule has 0 saturated carbocycles. The predicted octanol–water partition coefficient (Wildman–Crippen LogP) is 3.94. The van der Waals surface area contributed by atoms with E-state index in [0.29, 0.717) is 13.2 Å². The number of amides is 1. The molecule has 0 fully saturated rings. The first kappa shape index (κ1) is 21.5. The van der Waals surface area contributed by atoms with Crippen LogP contribution in [0.4, 0.5) is 5.69 Å². The third kappa shape index (κ3) is 7.88. The van der Waals surface area contributed by atoms with Crippen molar-refractivity contribution in [3.05, 3.63) is 24.3 Å². The summed E-state index contributed by atoms with van der Waals surface area (Å²) in [6.45, 7) is 7.97. The predicted molar refractivity (Wildman–Crippen MR) is 103 cm³/mol. The van der Waals surface area contributed by atoms with Gasteiger partial charge in [0.15, 0.2) is 0 Å². The van der Waals surface area contributed by atoms with Crippen molar-refractivity contribution in [3.63, 3.8) is 0 Å². The molecule has 0 aliphatic rings. The maximum absolute atomic E-state index is 12.7. The fourth-order valence-electron chi connectivity index (χ4n) is 2.53. The molecule has 0 aliphatic heterocycles. The monoisotopic (exact) mass is 350 g/mol. The number of likely N-dealkylation sites (N-methyl/N-ethyl adjacent to an activating group) is 1. The highest BCUT2D eigenvalue weighted by Crippen LogP contribution is 2.23. The van der Waals surface area contributed by atoms with E-state index in [9.17, 15) is 4.79 Å². The number of hydrogen-bond acceptors (Lipinski definition) is 4. The number of ether oxygens (including phenoxy) is 2. The zero-order valence-electron chi connectivity index (χ0n) is 16.4. The van der Waals surface area contributed by atoms with E-state index in [0.717, 1.165) is 43.7 Å². The normalized spacial score (nSPS) is 13.5. The molecule has 1 N–H and O–H groups in total. The third-order valence-electron chi connectivity index (χ3n) is 4.12. The Morgan fingerprint density at radius 3 is 2.40 bits per heavy atom. The quantitative estimate of drug-likeness (QED) is 0.580. The number of nitrogens with zero attached hydrogens (tertiary/aromatic N) is 1. The van der Waals surface area contributed by atoms with Crippen LogP contribution >= 0.6 is 0 Å². The van der Waals surface area contributed by atoms with Crippen LogP contribution < -0.4 is 10.1 Å². The molecule has 0 aromatic heterocycles. The zero-order valence-corrected chi connectivity index (χ0v) is 16.4. The van der Waals surface area contributed by atoms with E-state index in [1.54, 1.807) is 0 Å². The molecule has 1 aromatic rings. The summed E-state index contributed by atoms with van der Waals surface area (Å²) in [5.41, 5.74) is -0.0310. The van der Waals surface area contributed by atoms with Crippen molar-refractivity contribution < 1.29 is 14.3 Å². The number of unbranched alkanes of at least 4 members (excludes halogenated alkanes) is 2. The van der Waals surface area contributed by atoms with Gasteiger partial charge in [0.25, 0.3) is 5.91 Å². The Balaban J connectivity index is 2.60. The fourth-order valence-corrected chi connectivity index (χ4v) is 2.53. The van der Waals surface area contributed by atoms with Gasteiger partial charge in [-0.15, -0.1) is 0 Å². The summed E-state index contributed by atoms with van der Waals surface area (Å²) in [5.74, 6) is 0.710. The Morgan fingerprint density at radius 2 is 1.84 bits per heavy atom. The minimum absolute atomic E-state index is 0.0910. The highest BCUT2D eigenvalue weighted by Gasteiger charge is 2.33. The van der Waals surface area contributed by atoms with Crippen LogP contribution in [0.25, 0.3) is 0 Å². The number of rotatable bonds is 12. The first-order chi connectivity index (χ1) is 11.9. The minimum atomic E-state index is -0.787. The van der Waals surface area contributed by atoms with Crippen molar-refractivity contribution in [3.8, 4) is 5.75 Å². The van der Waals surface area contributed by atoms with Crippen LogP contribution in [-0.4, -0.2) is 50.3 Å². The van der Waals surface area contributed by atoms with Gasteiger partial charge in [-0.1, -0.05) is 26.2 Å². The molecule has 5 nitrogen and oxygen atoms in total. The summed E-state index contributed by atoms with van der Waals surface area (Å²) in [7, 11) is 4.02. The first-order valence-electron chi connectivity index (χ1n) is 9.24. The number of anilines is 1. The maximum atomic E-state index is 12.7. The molecule has 1 aromatic carbocycles. The van der Waals surface area contributed by atoms with E-state index in [1.165, 1.54) is 0 Å². The number of nitrogens with one attached hydrogen (secondary N) is 1. The Hall–Kier alpha value is -1.59. The molecule has 0 unspecified atom stereocenters. The van der Waals surface area contributed by atoms with E-state index in [1.807, 2.05) is 52.2 Å². The smallest absolute Gasteiger partial charge is 0.256 e. The van der Waals surface area contributed by atoms with E-state index < -0.39 is 5.60 Å². The standard InChI is InChI=1S/C20H34N2O3/c1-6-8-9-14-20(3,25-7-2)19(23)21-17-10-12-18(13-11-17)24-16-15-22(4)5/h10-13H,6-9,14-16H2,1-5H3,(H,21,23)/t20-/m1/s1. The largest absolute Gasteiger partial charge is 0.492 e. The van der Waals surface area contributed by atoms with E-state index >= 15 is 0 Å². The van der Waals surface area contributed by atoms with Gasteiger partial charge < -0.3 is 19.7 Å². The lowest BCUT2D eigenvalue weighted by atomic mass is 9.96. The minimum Gasteiger partial charge on any atom is -0.492 e. The molecule has 1 rings (SSSR count). The molecule has 0 radical (unpaired) electrons. The van der Waals surface area contributed by atoms with Crippen LogP contribution in [0.5, 0.6) is 5.75 Å². The zero-order chi connectivity index (χ0) is 18.7. The molecular formula is C20H34N2O3. The lowest BCUT2D eigenvalue weighted by Crippen LogP contribution is -2.42. The lowest BCUT2D eigenvalue weighted by molar-refractivity contribution is -0.139.